The molecule has 1 N–H and O–H groups in total. The monoisotopic (exact) mass is 472 g/mol. The first-order valence-corrected chi connectivity index (χ1v) is 11.9. The van der Waals surface area contributed by atoms with Crippen LogP contribution in [0.25, 0.3) is 0 Å². The van der Waals surface area contributed by atoms with Gasteiger partial charge in [0.2, 0.25) is 10.0 Å². The minimum absolute atomic E-state index is 0.146. The van der Waals surface area contributed by atoms with E-state index in [2.05, 4.69) is 5.32 Å². The Labute approximate surface area is 194 Å². The molecule has 0 aliphatic heterocycles. The third-order valence-corrected chi connectivity index (χ3v) is 7.15. The zero-order valence-corrected chi connectivity index (χ0v) is 19.9. The van der Waals surface area contributed by atoms with Gasteiger partial charge in [0.15, 0.2) is 17.3 Å². The van der Waals surface area contributed by atoms with Crippen LogP contribution in [0.4, 0.5) is 0 Å². The molecule has 0 bridgehead atoms. The second kappa shape index (κ2) is 10.5. The van der Waals surface area contributed by atoms with Gasteiger partial charge in [-0.25, -0.2) is 8.42 Å². The highest BCUT2D eigenvalue weighted by Gasteiger charge is 2.22. The predicted molar refractivity (Wildman–Crippen MR) is 124 cm³/mol. The number of carbonyl (C=O) groups excluding carboxylic acids is 1. The number of para-hydroxylation sites is 2. The summed E-state index contributed by atoms with van der Waals surface area (Å²) in [5.41, 5.74) is 0.765. The molecule has 0 aliphatic carbocycles. The van der Waals surface area contributed by atoms with Crippen LogP contribution in [0.3, 0.4) is 0 Å². The summed E-state index contributed by atoms with van der Waals surface area (Å²) in [6, 6.07) is 16.8. The van der Waals surface area contributed by atoms with Crippen molar-refractivity contribution in [2.75, 3.05) is 14.2 Å². The van der Waals surface area contributed by atoms with Gasteiger partial charge in [-0.15, -0.1) is 0 Å². The van der Waals surface area contributed by atoms with Gasteiger partial charge in [-0.2, -0.15) is 4.31 Å². The fraction of sp³-hybridized carbons (Fsp3) is 0.292. The number of hydrogen-bond donors (Lipinski definition) is 1. The number of hydrogen-bond acceptors (Lipinski definition) is 6. The molecular formula is C24H28N2O6S. The molecule has 1 heterocycles. The number of carbonyl (C=O) groups is 1. The first-order chi connectivity index (χ1) is 15.7. The Balaban J connectivity index is 1.55. The Morgan fingerprint density at radius 1 is 1.03 bits per heavy atom. The molecule has 1 amide bonds. The standard InChI is InChI=1S/C24H28N2O6S/c1-17(2)26(3)33(28,29)20-12-9-18(10-13-20)15-25-24(27)23-14-11-19(32-23)16-31-22-8-6-5-7-21(22)30-4/h5-14,17H,15-16H2,1-4H3,(H,25,27). The largest absolute Gasteiger partial charge is 0.493 e. The zero-order chi connectivity index (χ0) is 24.0. The van der Waals surface area contributed by atoms with Gasteiger partial charge in [-0.1, -0.05) is 24.3 Å². The van der Waals surface area contributed by atoms with Gasteiger partial charge < -0.3 is 19.2 Å². The Morgan fingerprint density at radius 2 is 1.70 bits per heavy atom. The summed E-state index contributed by atoms with van der Waals surface area (Å²) >= 11 is 0. The van der Waals surface area contributed by atoms with Gasteiger partial charge in [0, 0.05) is 19.6 Å². The van der Waals surface area contributed by atoms with E-state index in [1.54, 1.807) is 50.6 Å². The van der Waals surface area contributed by atoms with Crippen LogP contribution in [0.2, 0.25) is 0 Å². The molecule has 1 aromatic heterocycles. The van der Waals surface area contributed by atoms with Crippen molar-refractivity contribution in [3.05, 3.63) is 77.7 Å². The van der Waals surface area contributed by atoms with Crippen LogP contribution >= 0.6 is 0 Å². The maximum Gasteiger partial charge on any atom is 0.287 e. The molecule has 0 spiro atoms. The molecule has 0 saturated carbocycles. The normalized spacial score (nSPS) is 11.6. The molecule has 3 rings (SSSR count). The van der Waals surface area contributed by atoms with E-state index < -0.39 is 10.0 Å². The lowest BCUT2D eigenvalue weighted by molar-refractivity contribution is 0.0919. The predicted octanol–water partition coefficient (Wildman–Crippen LogP) is 3.83. The SMILES string of the molecule is COc1ccccc1OCc1ccc(C(=O)NCc2ccc(S(=O)(=O)N(C)C(C)C)cc2)o1. The van der Waals surface area contributed by atoms with E-state index in [9.17, 15) is 13.2 Å². The van der Waals surface area contributed by atoms with E-state index in [1.165, 1.54) is 16.4 Å². The molecule has 176 valence electrons. The first-order valence-electron chi connectivity index (χ1n) is 10.4. The van der Waals surface area contributed by atoms with E-state index in [-0.39, 0.29) is 35.8 Å². The Morgan fingerprint density at radius 3 is 2.33 bits per heavy atom. The van der Waals surface area contributed by atoms with Crippen molar-refractivity contribution in [1.29, 1.82) is 0 Å². The van der Waals surface area contributed by atoms with Crippen molar-refractivity contribution in [3.8, 4) is 11.5 Å². The molecule has 8 nitrogen and oxygen atoms in total. The van der Waals surface area contributed by atoms with E-state index in [0.29, 0.717) is 17.3 Å². The molecule has 0 aliphatic rings. The summed E-state index contributed by atoms with van der Waals surface area (Å²) in [5, 5.41) is 2.77. The number of amides is 1. The van der Waals surface area contributed by atoms with Crippen LogP contribution in [-0.2, 0) is 23.2 Å². The summed E-state index contributed by atoms with van der Waals surface area (Å²) in [4.78, 5) is 12.6. The summed E-state index contributed by atoms with van der Waals surface area (Å²) in [6.45, 7) is 4.00. The molecule has 2 aromatic carbocycles. The van der Waals surface area contributed by atoms with Crippen LogP contribution in [0.5, 0.6) is 11.5 Å². The highest BCUT2D eigenvalue weighted by molar-refractivity contribution is 7.89. The number of benzene rings is 2. The second-order valence-corrected chi connectivity index (χ2v) is 9.64. The molecule has 0 radical (unpaired) electrons. The number of ether oxygens (including phenoxy) is 2. The quantitative estimate of drug-likeness (QED) is 0.482. The van der Waals surface area contributed by atoms with Gasteiger partial charge in [-0.3, -0.25) is 4.79 Å². The lowest BCUT2D eigenvalue weighted by atomic mass is 10.2. The van der Waals surface area contributed by atoms with Crippen molar-refractivity contribution >= 4 is 15.9 Å². The van der Waals surface area contributed by atoms with E-state index in [1.807, 2.05) is 26.0 Å². The molecule has 9 heteroatoms. The summed E-state index contributed by atoms with van der Waals surface area (Å²) in [7, 11) is -0.433. The number of nitrogens with zero attached hydrogens (tertiary/aromatic N) is 1. The molecular weight excluding hydrogens is 444 g/mol. The van der Waals surface area contributed by atoms with Gasteiger partial charge in [0.25, 0.3) is 5.91 Å². The first kappa shape index (κ1) is 24.3. The Bertz CT molecular complexity index is 1190. The number of sulfonamides is 1. The number of furan rings is 1. The minimum Gasteiger partial charge on any atom is -0.493 e. The lowest BCUT2D eigenvalue weighted by Crippen LogP contribution is -2.33. The van der Waals surface area contributed by atoms with Crippen LogP contribution in [0, 0.1) is 0 Å². The van der Waals surface area contributed by atoms with Crippen molar-refractivity contribution in [2.45, 2.75) is 37.9 Å². The van der Waals surface area contributed by atoms with E-state index in [0.717, 1.165) is 5.56 Å². The summed E-state index contributed by atoms with van der Waals surface area (Å²) in [6.07, 6.45) is 0. The summed E-state index contributed by atoms with van der Waals surface area (Å²) < 4.78 is 42.9. The molecule has 0 fully saturated rings. The highest BCUT2D eigenvalue weighted by atomic mass is 32.2. The number of rotatable bonds is 10. The average molecular weight is 473 g/mol. The Hall–Kier alpha value is -3.30. The van der Waals surface area contributed by atoms with Crippen molar-refractivity contribution in [3.63, 3.8) is 0 Å². The van der Waals surface area contributed by atoms with Crippen molar-refractivity contribution in [1.82, 2.24) is 9.62 Å². The molecule has 3 aromatic rings. The molecule has 0 atom stereocenters. The van der Waals surface area contributed by atoms with Crippen LogP contribution in [0.1, 0.15) is 35.7 Å². The fourth-order valence-corrected chi connectivity index (χ4v) is 4.32. The zero-order valence-electron chi connectivity index (χ0n) is 19.1. The van der Waals surface area contributed by atoms with Crippen LogP contribution in [0.15, 0.2) is 70.0 Å². The molecule has 33 heavy (non-hydrogen) atoms. The van der Waals surface area contributed by atoms with Gasteiger partial charge in [-0.05, 0) is 55.8 Å². The smallest absolute Gasteiger partial charge is 0.287 e. The van der Waals surface area contributed by atoms with Crippen molar-refractivity contribution in [2.24, 2.45) is 0 Å². The van der Waals surface area contributed by atoms with Gasteiger partial charge in [0.05, 0.1) is 12.0 Å². The van der Waals surface area contributed by atoms with Crippen molar-refractivity contribution < 1.29 is 27.1 Å². The lowest BCUT2D eigenvalue weighted by Gasteiger charge is -2.21. The van der Waals surface area contributed by atoms with Gasteiger partial charge in [0.1, 0.15) is 12.4 Å². The topological polar surface area (TPSA) is 98.1 Å². The van der Waals surface area contributed by atoms with Crippen LogP contribution < -0.4 is 14.8 Å². The fourth-order valence-electron chi connectivity index (χ4n) is 2.96. The van der Waals surface area contributed by atoms with E-state index in [4.69, 9.17) is 13.9 Å². The third kappa shape index (κ3) is 5.94. The maximum atomic E-state index is 12.5. The third-order valence-electron chi connectivity index (χ3n) is 5.11. The number of methoxy groups -OCH3 is 1. The summed E-state index contributed by atoms with van der Waals surface area (Å²) in [5.74, 6) is 1.46. The molecule has 0 unspecified atom stereocenters. The average Bonchev–Trinajstić information content (AvgIpc) is 3.30. The van der Waals surface area contributed by atoms with E-state index >= 15 is 0 Å². The maximum absolute atomic E-state index is 12.5. The Kier molecular flexibility index (Phi) is 7.78. The van der Waals surface area contributed by atoms with Crippen LogP contribution in [-0.4, -0.2) is 38.8 Å². The molecule has 0 saturated heterocycles. The second-order valence-electron chi connectivity index (χ2n) is 7.65. The minimum atomic E-state index is -3.55. The van der Waals surface area contributed by atoms with Gasteiger partial charge >= 0.3 is 0 Å². The highest BCUT2D eigenvalue weighted by Crippen LogP contribution is 2.27. The number of nitrogens with one attached hydrogen (secondary N) is 1.